The quantitative estimate of drug-likeness (QED) is 0.421. The normalized spacial score (nSPS) is 16.1. The highest BCUT2D eigenvalue weighted by atomic mass is 32.2. The van der Waals surface area contributed by atoms with Gasteiger partial charge in [-0.25, -0.2) is 9.37 Å². The molecule has 0 spiro atoms. The molecular formula is C23H23FN4O3S. The first-order valence-corrected chi connectivity index (χ1v) is 11.3. The molecule has 0 radical (unpaired) electrons. The van der Waals surface area contributed by atoms with Gasteiger partial charge in [-0.1, -0.05) is 12.1 Å². The topological polar surface area (TPSA) is 91.4 Å². The van der Waals surface area contributed by atoms with E-state index in [0.717, 1.165) is 5.75 Å². The lowest BCUT2D eigenvalue weighted by Crippen LogP contribution is -2.49. The van der Waals surface area contributed by atoms with Gasteiger partial charge in [0.15, 0.2) is 0 Å². The summed E-state index contributed by atoms with van der Waals surface area (Å²) in [5.74, 6) is 2.28. The van der Waals surface area contributed by atoms with Crippen LogP contribution in [0.2, 0.25) is 0 Å². The van der Waals surface area contributed by atoms with E-state index in [4.69, 9.17) is 14.2 Å². The minimum atomic E-state index is -0.936. The zero-order valence-electron chi connectivity index (χ0n) is 17.7. The largest absolute Gasteiger partial charge is 0.491 e. The third kappa shape index (κ3) is 4.66. The average molecular weight is 455 g/mol. The van der Waals surface area contributed by atoms with Crippen LogP contribution in [0.5, 0.6) is 5.75 Å². The molecule has 3 heterocycles. The number of methoxy groups -OCH3 is 1. The highest BCUT2D eigenvalue weighted by Gasteiger charge is 2.33. The summed E-state index contributed by atoms with van der Waals surface area (Å²) in [6, 6.07) is 11.7. The summed E-state index contributed by atoms with van der Waals surface area (Å²) >= 11 is 1.49. The Labute approximate surface area is 190 Å². The Hall–Kier alpha value is -2.85. The van der Waals surface area contributed by atoms with Crippen LogP contribution < -0.4 is 9.64 Å². The molecule has 2 aliphatic heterocycles. The van der Waals surface area contributed by atoms with E-state index in [1.165, 1.54) is 11.8 Å². The molecule has 0 amide bonds. The summed E-state index contributed by atoms with van der Waals surface area (Å²) in [4.78, 5) is 6.41. The molecule has 2 aromatic rings. The third-order valence-electron chi connectivity index (χ3n) is 5.37. The van der Waals surface area contributed by atoms with E-state index in [1.54, 1.807) is 24.1 Å². The van der Waals surface area contributed by atoms with Gasteiger partial charge in [0.25, 0.3) is 0 Å². The number of nitriles is 2. The third-order valence-corrected chi connectivity index (χ3v) is 6.57. The Bertz CT molecular complexity index is 1040. The number of alkyl halides is 1. The second-order valence-electron chi connectivity index (χ2n) is 7.67. The van der Waals surface area contributed by atoms with Crippen LogP contribution in [0.4, 0.5) is 10.2 Å². The van der Waals surface area contributed by atoms with Crippen molar-refractivity contribution in [2.45, 2.75) is 11.2 Å². The summed E-state index contributed by atoms with van der Waals surface area (Å²) in [5.41, 5.74) is 1.89. The average Bonchev–Trinajstić information content (AvgIpc) is 2.75. The van der Waals surface area contributed by atoms with Gasteiger partial charge in [-0.3, -0.25) is 0 Å². The van der Waals surface area contributed by atoms with Crippen LogP contribution in [0.15, 0.2) is 29.3 Å². The van der Waals surface area contributed by atoms with Gasteiger partial charge in [0.05, 0.1) is 38.5 Å². The second-order valence-corrected chi connectivity index (χ2v) is 8.68. The van der Waals surface area contributed by atoms with Gasteiger partial charge >= 0.3 is 0 Å². The van der Waals surface area contributed by atoms with Crippen LogP contribution >= 0.6 is 11.8 Å². The molecule has 2 fully saturated rings. The van der Waals surface area contributed by atoms with Crippen LogP contribution in [0, 0.1) is 28.6 Å². The maximum absolute atomic E-state index is 13.6. The lowest BCUT2D eigenvalue weighted by atomic mass is 9.95. The first kappa shape index (κ1) is 22.3. The van der Waals surface area contributed by atoms with Crippen LogP contribution in [-0.2, 0) is 9.47 Å². The molecule has 7 nitrogen and oxygen atoms in total. The van der Waals surface area contributed by atoms with Gasteiger partial charge < -0.3 is 19.1 Å². The minimum Gasteiger partial charge on any atom is -0.491 e. The number of ether oxygens (including phenoxy) is 3. The molecule has 0 saturated carbocycles. The predicted molar refractivity (Wildman–Crippen MR) is 119 cm³/mol. The Morgan fingerprint density at radius 3 is 2.44 bits per heavy atom. The Kier molecular flexibility index (Phi) is 7.11. The monoisotopic (exact) mass is 454 g/mol. The summed E-state index contributed by atoms with van der Waals surface area (Å²) in [5, 5.41) is 20.6. The molecule has 166 valence electrons. The fourth-order valence-corrected chi connectivity index (χ4v) is 4.55. The second kappa shape index (κ2) is 10.2. The molecule has 0 unspecified atom stereocenters. The molecule has 2 aliphatic rings. The van der Waals surface area contributed by atoms with Crippen LogP contribution in [-0.4, -0.2) is 63.5 Å². The fraction of sp³-hybridized carbons (Fsp3) is 0.435. The number of aromatic nitrogens is 1. The van der Waals surface area contributed by atoms with Gasteiger partial charge in [0, 0.05) is 24.3 Å². The number of hydrogen-bond donors (Lipinski definition) is 0. The van der Waals surface area contributed by atoms with Gasteiger partial charge in [0.2, 0.25) is 0 Å². The van der Waals surface area contributed by atoms with E-state index < -0.39 is 6.17 Å². The van der Waals surface area contributed by atoms with Gasteiger partial charge in [0.1, 0.15) is 47.1 Å². The molecule has 0 N–H and O–H groups in total. The Morgan fingerprint density at radius 2 is 1.88 bits per heavy atom. The highest BCUT2D eigenvalue weighted by Crippen LogP contribution is 2.40. The van der Waals surface area contributed by atoms with E-state index in [1.807, 2.05) is 12.1 Å². The fourth-order valence-electron chi connectivity index (χ4n) is 3.52. The van der Waals surface area contributed by atoms with Crippen LogP contribution in [0.3, 0.4) is 0 Å². The predicted octanol–water partition coefficient (Wildman–Crippen LogP) is 3.41. The van der Waals surface area contributed by atoms with Crippen molar-refractivity contribution in [1.29, 1.82) is 10.5 Å². The maximum atomic E-state index is 13.6. The molecule has 2 saturated heterocycles. The number of rotatable bonds is 9. The standard InChI is InChI=1S/C23H23FN4O3S/c1-29-6-7-31-18-4-2-16(3-5-18)21-19(8-25)22(28-10-17(24)11-28)27-23(20(21)9-26)32-14-15-12-30-13-15/h2-5,15,17H,6-7,10-14H2,1H3. The van der Waals surface area contributed by atoms with Crippen molar-refractivity contribution < 1.29 is 18.6 Å². The van der Waals surface area contributed by atoms with Crippen molar-refractivity contribution in [1.82, 2.24) is 4.98 Å². The molecule has 0 aliphatic carbocycles. The van der Waals surface area contributed by atoms with Gasteiger partial charge in [-0.2, -0.15) is 10.5 Å². The number of anilines is 1. The van der Waals surface area contributed by atoms with Crippen molar-refractivity contribution in [2.75, 3.05) is 57.3 Å². The Balaban J connectivity index is 1.73. The number of nitrogens with zero attached hydrogens (tertiary/aromatic N) is 4. The van der Waals surface area contributed by atoms with Crippen molar-refractivity contribution in [3.63, 3.8) is 0 Å². The first-order chi connectivity index (χ1) is 15.6. The lowest BCUT2D eigenvalue weighted by molar-refractivity contribution is -0.0196. The van der Waals surface area contributed by atoms with Crippen molar-refractivity contribution in [3.8, 4) is 29.0 Å². The molecule has 32 heavy (non-hydrogen) atoms. The smallest absolute Gasteiger partial charge is 0.148 e. The highest BCUT2D eigenvalue weighted by molar-refractivity contribution is 7.99. The number of thioether (sulfide) groups is 1. The van der Waals surface area contributed by atoms with Crippen LogP contribution in [0.25, 0.3) is 11.1 Å². The van der Waals surface area contributed by atoms with Crippen molar-refractivity contribution >= 4 is 17.6 Å². The lowest BCUT2D eigenvalue weighted by Gasteiger charge is -2.36. The van der Waals surface area contributed by atoms with Gasteiger partial charge in [-0.15, -0.1) is 11.8 Å². The number of hydrogen-bond acceptors (Lipinski definition) is 8. The van der Waals surface area contributed by atoms with Crippen molar-refractivity contribution in [2.24, 2.45) is 5.92 Å². The maximum Gasteiger partial charge on any atom is 0.148 e. The molecule has 0 bridgehead atoms. The van der Waals surface area contributed by atoms with E-state index in [9.17, 15) is 14.9 Å². The van der Waals surface area contributed by atoms with E-state index in [0.29, 0.717) is 65.6 Å². The molecule has 4 rings (SSSR count). The zero-order valence-corrected chi connectivity index (χ0v) is 18.5. The van der Waals surface area contributed by atoms with Gasteiger partial charge in [-0.05, 0) is 17.7 Å². The summed E-state index contributed by atoms with van der Waals surface area (Å²) < 4.78 is 29.5. The molecule has 1 aromatic heterocycles. The summed E-state index contributed by atoms with van der Waals surface area (Å²) in [7, 11) is 1.61. The SMILES string of the molecule is COCCOc1ccc(-c2c(C#N)c(SCC3COC3)nc(N3CC(F)C3)c2C#N)cc1. The van der Waals surface area contributed by atoms with E-state index >= 15 is 0 Å². The molecule has 9 heteroatoms. The zero-order chi connectivity index (χ0) is 22.5. The summed E-state index contributed by atoms with van der Waals surface area (Å²) in [6.07, 6.45) is -0.936. The number of halogens is 1. The minimum absolute atomic E-state index is 0.194. The molecular weight excluding hydrogens is 431 g/mol. The number of benzene rings is 1. The van der Waals surface area contributed by atoms with E-state index in [2.05, 4.69) is 17.1 Å². The molecule has 1 aromatic carbocycles. The number of pyridine rings is 1. The van der Waals surface area contributed by atoms with Crippen molar-refractivity contribution in [3.05, 3.63) is 35.4 Å². The van der Waals surface area contributed by atoms with E-state index in [-0.39, 0.29) is 18.7 Å². The summed E-state index contributed by atoms with van der Waals surface area (Å²) in [6.45, 7) is 2.69. The molecule has 0 atom stereocenters. The first-order valence-electron chi connectivity index (χ1n) is 10.3. The van der Waals surface area contributed by atoms with Crippen LogP contribution in [0.1, 0.15) is 11.1 Å². The Morgan fingerprint density at radius 1 is 1.16 bits per heavy atom.